The number of benzene rings is 4. The number of carbonyl (C=O) groups is 2. The van der Waals surface area contributed by atoms with Crippen LogP contribution in [0, 0.1) is 6.92 Å². The van der Waals surface area contributed by atoms with E-state index >= 15 is 0 Å². The van der Waals surface area contributed by atoms with Gasteiger partial charge in [-0.05, 0) is 91.9 Å². The zero-order valence-electron chi connectivity index (χ0n) is 18.9. The van der Waals surface area contributed by atoms with Crippen molar-refractivity contribution in [2.75, 3.05) is 4.31 Å². The Kier molecular flexibility index (Phi) is 7.45. The standard InChI is InChI=1S/C27H19Cl2NO5S/c1-18-2-16-25(17-3-18)36(33,34)30(26(31)19-4-8-21(28)9-5-19)23-12-14-24(15-13-23)35-27(32)20-6-10-22(29)11-7-20/h2-17H,1H3. The van der Waals surface area contributed by atoms with Crippen LogP contribution in [0.2, 0.25) is 10.0 Å². The van der Waals surface area contributed by atoms with Gasteiger partial charge in [0.1, 0.15) is 5.75 Å². The molecule has 1 amide bonds. The first-order valence-corrected chi connectivity index (χ1v) is 12.8. The Morgan fingerprint density at radius 1 is 0.694 bits per heavy atom. The SMILES string of the molecule is Cc1ccc(S(=O)(=O)N(C(=O)c2ccc(Cl)cc2)c2ccc(OC(=O)c3ccc(Cl)cc3)cc2)cc1. The first-order chi connectivity index (χ1) is 17.1. The lowest BCUT2D eigenvalue weighted by Gasteiger charge is -2.23. The molecule has 9 heteroatoms. The van der Waals surface area contributed by atoms with Crippen LogP contribution < -0.4 is 9.04 Å². The fourth-order valence-corrected chi connectivity index (χ4v) is 4.96. The van der Waals surface area contributed by atoms with Crippen LogP contribution in [-0.2, 0) is 10.0 Å². The van der Waals surface area contributed by atoms with Crippen LogP contribution in [0.5, 0.6) is 5.75 Å². The smallest absolute Gasteiger partial charge is 0.343 e. The first kappa shape index (κ1) is 25.4. The molecule has 4 rings (SSSR count). The predicted octanol–water partition coefficient (Wildman–Crippen LogP) is 6.56. The minimum absolute atomic E-state index is 0.0475. The van der Waals surface area contributed by atoms with Crippen molar-refractivity contribution in [1.29, 1.82) is 0 Å². The zero-order valence-corrected chi connectivity index (χ0v) is 21.2. The molecule has 0 heterocycles. The maximum Gasteiger partial charge on any atom is 0.343 e. The second-order valence-corrected chi connectivity index (χ2v) is 10.4. The van der Waals surface area contributed by atoms with Crippen molar-refractivity contribution in [3.05, 3.63) is 124 Å². The van der Waals surface area contributed by atoms with E-state index < -0.39 is 21.9 Å². The summed E-state index contributed by atoms with van der Waals surface area (Å²) in [7, 11) is -4.28. The number of carbonyl (C=O) groups excluding carboxylic acids is 2. The Morgan fingerprint density at radius 2 is 1.19 bits per heavy atom. The number of anilines is 1. The molecule has 0 unspecified atom stereocenters. The average Bonchev–Trinajstić information content (AvgIpc) is 2.86. The summed E-state index contributed by atoms with van der Waals surface area (Å²) >= 11 is 11.8. The summed E-state index contributed by atoms with van der Waals surface area (Å²) in [5.41, 5.74) is 1.37. The Bertz CT molecular complexity index is 1500. The van der Waals surface area contributed by atoms with Gasteiger partial charge in [-0.3, -0.25) is 4.79 Å². The highest BCUT2D eigenvalue weighted by Gasteiger charge is 2.32. The summed E-state index contributed by atoms with van der Waals surface area (Å²) in [4.78, 5) is 25.8. The molecule has 0 fully saturated rings. The van der Waals surface area contributed by atoms with Crippen LogP contribution in [0.25, 0.3) is 0 Å². The van der Waals surface area contributed by atoms with E-state index in [4.69, 9.17) is 27.9 Å². The van der Waals surface area contributed by atoms with Gasteiger partial charge in [0.05, 0.1) is 16.1 Å². The van der Waals surface area contributed by atoms with Crippen molar-refractivity contribution in [3.63, 3.8) is 0 Å². The lowest BCUT2D eigenvalue weighted by Crippen LogP contribution is -2.37. The van der Waals surface area contributed by atoms with Crippen molar-refractivity contribution in [1.82, 2.24) is 0 Å². The van der Waals surface area contributed by atoms with Crippen molar-refractivity contribution >= 4 is 50.8 Å². The number of nitrogens with zero attached hydrogens (tertiary/aromatic N) is 1. The van der Waals surface area contributed by atoms with Crippen molar-refractivity contribution in [2.24, 2.45) is 0 Å². The number of hydrogen-bond donors (Lipinski definition) is 0. The van der Waals surface area contributed by atoms with E-state index in [1.165, 1.54) is 72.8 Å². The van der Waals surface area contributed by atoms with Crippen LogP contribution in [0.1, 0.15) is 26.3 Å². The molecule has 4 aromatic carbocycles. The van der Waals surface area contributed by atoms with E-state index in [9.17, 15) is 18.0 Å². The number of halogens is 2. The molecule has 0 N–H and O–H groups in total. The number of sulfonamides is 1. The lowest BCUT2D eigenvalue weighted by atomic mass is 10.2. The molecule has 0 bridgehead atoms. The van der Waals surface area contributed by atoms with E-state index in [2.05, 4.69) is 0 Å². The van der Waals surface area contributed by atoms with E-state index in [-0.39, 0.29) is 21.9 Å². The number of rotatable bonds is 6. The van der Waals surface area contributed by atoms with Gasteiger partial charge in [0.25, 0.3) is 15.9 Å². The maximum absolute atomic E-state index is 13.6. The van der Waals surface area contributed by atoms with Crippen molar-refractivity contribution in [3.8, 4) is 5.75 Å². The number of ether oxygens (including phenoxy) is 1. The van der Waals surface area contributed by atoms with Gasteiger partial charge in [-0.15, -0.1) is 0 Å². The Labute approximate surface area is 218 Å². The van der Waals surface area contributed by atoms with Gasteiger partial charge in [0.15, 0.2) is 0 Å². The molecular formula is C27H19Cl2NO5S. The summed E-state index contributed by atoms with van der Waals surface area (Å²) in [6.07, 6.45) is 0. The molecule has 0 aliphatic carbocycles. The molecule has 182 valence electrons. The molecule has 6 nitrogen and oxygen atoms in total. The number of hydrogen-bond acceptors (Lipinski definition) is 5. The summed E-state index contributed by atoms with van der Waals surface area (Å²) in [5.74, 6) is -1.20. The van der Waals surface area contributed by atoms with Gasteiger partial charge in [-0.1, -0.05) is 40.9 Å². The predicted molar refractivity (Wildman–Crippen MR) is 139 cm³/mol. The molecule has 0 saturated carbocycles. The lowest BCUT2D eigenvalue weighted by molar-refractivity contribution is 0.0734. The van der Waals surface area contributed by atoms with Gasteiger partial charge in [0.2, 0.25) is 0 Å². The fourth-order valence-electron chi connectivity index (χ4n) is 3.29. The highest BCUT2D eigenvalue weighted by Crippen LogP contribution is 2.29. The maximum atomic E-state index is 13.6. The van der Waals surface area contributed by atoms with Crippen molar-refractivity contribution in [2.45, 2.75) is 11.8 Å². The first-order valence-electron chi connectivity index (χ1n) is 10.6. The number of aryl methyl sites for hydroxylation is 1. The minimum atomic E-state index is -4.28. The highest BCUT2D eigenvalue weighted by molar-refractivity contribution is 7.93. The van der Waals surface area contributed by atoms with E-state index in [1.807, 2.05) is 6.92 Å². The Morgan fingerprint density at radius 3 is 1.72 bits per heavy atom. The van der Waals surface area contributed by atoms with Crippen LogP contribution in [0.4, 0.5) is 5.69 Å². The number of amides is 1. The van der Waals surface area contributed by atoms with E-state index in [0.717, 1.165) is 5.56 Å². The normalized spacial score (nSPS) is 11.1. The molecule has 0 aliphatic rings. The van der Waals surface area contributed by atoms with Gasteiger partial charge in [-0.2, -0.15) is 4.31 Å². The molecular weight excluding hydrogens is 521 g/mol. The van der Waals surface area contributed by atoms with E-state index in [1.54, 1.807) is 24.3 Å². The molecule has 4 aromatic rings. The second-order valence-electron chi connectivity index (χ2n) is 7.78. The zero-order chi connectivity index (χ0) is 25.9. The molecule has 0 aliphatic heterocycles. The third-order valence-corrected chi connectivity index (χ3v) is 7.43. The number of esters is 1. The monoisotopic (exact) mass is 539 g/mol. The fraction of sp³-hybridized carbons (Fsp3) is 0.0370. The van der Waals surface area contributed by atoms with Crippen LogP contribution in [-0.4, -0.2) is 20.3 Å². The second kappa shape index (κ2) is 10.5. The van der Waals surface area contributed by atoms with Crippen LogP contribution >= 0.6 is 23.2 Å². The van der Waals surface area contributed by atoms with Crippen LogP contribution in [0.15, 0.2) is 102 Å². The molecule has 36 heavy (non-hydrogen) atoms. The third kappa shape index (κ3) is 5.60. The summed E-state index contributed by atoms with van der Waals surface area (Å²) in [5, 5.41) is 0.891. The van der Waals surface area contributed by atoms with Gasteiger partial charge in [0, 0.05) is 15.6 Å². The van der Waals surface area contributed by atoms with Gasteiger partial charge >= 0.3 is 5.97 Å². The molecule has 0 saturated heterocycles. The topological polar surface area (TPSA) is 80.8 Å². The summed E-state index contributed by atoms with van der Waals surface area (Å²) in [6, 6.07) is 23.9. The minimum Gasteiger partial charge on any atom is -0.423 e. The van der Waals surface area contributed by atoms with Crippen molar-refractivity contribution < 1.29 is 22.7 Å². The quantitative estimate of drug-likeness (QED) is 0.205. The highest BCUT2D eigenvalue weighted by atomic mass is 35.5. The Hall–Kier alpha value is -3.65. The van der Waals surface area contributed by atoms with E-state index in [0.29, 0.717) is 19.9 Å². The Balaban J connectivity index is 1.69. The van der Waals surface area contributed by atoms with Gasteiger partial charge < -0.3 is 4.74 Å². The average molecular weight is 540 g/mol. The largest absolute Gasteiger partial charge is 0.423 e. The van der Waals surface area contributed by atoms with Crippen LogP contribution in [0.3, 0.4) is 0 Å². The molecule has 0 aromatic heterocycles. The molecule has 0 spiro atoms. The summed E-state index contributed by atoms with van der Waals surface area (Å²) < 4.78 is 33.2. The summed E-state index contributed by atoms with van der Waals surface area (Å²) in [6.45, 7) is 1.83. The third-order valence-electron chi connectivity index (χ3n) is 5.20. The van der Waals surface area contributed by atoms with Gasteiger partial charge in [-0.25, -0.2) is 13.2 Å². The molecule has 0 atom stereocenters. The molecule has 0 radical (unpaired) electrons.